The van der Waals surface area contributed by atoms with Crippen LogP contribution in [0, 0.1) is 13.8 Å². The van der Waals surface area contributed by atoms with Crippen LogP contribution in [0.2, 0.25) is 0 Å². The molecule has 0 aromatic heterocycles. The predicted molar refractivity (Wildman–Crippen MR) is 105 cm³/mol. The Morgan fingerprint density at radius 1 is 0.963 bits per heavy atom. The molecule has 0 bridgehead atoms. The first-order valence-corrected chi connectivity index (χ1v) is 8.62. The van der Waals surface area contributed by atoms with E-state index >= 15 is 0 Å². The van der Waals surface area contributed by atoms with Crippen LogP contribution in [-0.2, 0) is 0 Å². The first kappa shape index (κ1) is 16.8. The standard InChI is InChI=1S/C22H18N2O3/c1-13-7-9-16(14(2)11-13)21(25)23-15-8-10-19-17(12-15)22(26)24-18-5-3-4-6-20(18)27-19/h3-12H,1-2H3,(H,23,25)(H,24,26). The van der Waals surface area contributed by atoms with Crippen LogP contribution in [0.3, 0.4) is 0 Å². The lowest BCUT2D eigenvalue weighted by molar-refractivity contribution is 0.101. The largest absolute Gasteiger partial charge is 0.454 e. The third kappa shape index (κ3) is 3.27. The molecular formula is C22H18N2O3. The van der Waals surface area contributed by atoms with Gasteiger partial charge in [0.1, 0.15) is 5.75 Å². The Morgan fingerprint density at radius 3 is 2.59 bits per heavy atom. The van der Waals surface area contributed by atoms with Crippen molar-refractivity contribution in [3.8, 4) is 11.5 Å². The topological polar surface area (TPSA) is 67.4 Å². The zero-order chi connectivity index (χ0) is 19.0. The molecule has 3 aromatic rings. The molecule has 0 aliphatic carbocycles. The van der Waals surface area contributed by atoms with E-state index in [4.69, 9.17) is 4.74 Å². The molecule has 4 rings (SSSR count). The van der Waals surface area contributed by atoms with Gasteiger partial charge < -0.3 is 15.4 Å². The van der Waals surface area contributed by atoms with E-state index in [9.17, 15) is 9.59 Å². The van der Waals surface area contributed by atoms with Gasteiger partial charge in [0, 0.05) is 11.3 Å². The Balaban J connectivity index is 1.63. The minimum atomic E-state index is -0.280. The summed E-state index contributed by atoms with van der Waals surface area (Å²) in [5, 5.41) is 5.69. The fourth-order valence-corrected chi connectivity index (χ4v) is 3.11. The van der Waals surface area contributed by atoms with Gasteiger partial charge in [-0.3, -0.25) is 9.59 Å². The average molecular weight is 358 g/mol. The van der Waals surface area contributed by atoms with E-state index in [1.807, 2.05) is 38.1 Å². The molecule has 3 aromatic carbocycles. The molecule has 0 fully saturated rings. The number of hydrogen-bond acceptors (Lipinski definition) is 3. The van der Waals surface area contributed by atoms with E-state index in [1.54, 1.807) is 36.4 Å². The number of hydrogen-bond donors (Lipinski definition) is 2. The number of aryl methyl sites for hydroxylation is 2. The second-order valence-corrected chi connectivity index (χ2v) is 6.54. The minimum absolute atomic E-state index is 0.217. The number of benzene rings is 3. The van der Waals surface area contributed by atoms with Crippen molar-refractivity contribution in [2.24, 2.45) is 0 Å². The number of carbonyl (C=O) groups is 2. The third-order valence-electron chi connectivity index (χ3n) is 4.46. The molecule has 2 N–H and O–H groups in total. The highest BCUT2D eigenvalue weighted by molar-refractivity contribution is 6.10. The lowest BCUT2D eigenvalue weighted by atomic mass is 10.0. The third-order valence-corrected chi connectivity index (χ3v) is 4.46. The number of para-hydroxylation sites is 2. The van der Waals surface area contributed by atoms with Gasteiger partial charge in [-0.25, -0.2) is 0 Å². The number of amides is 2. The van der Waals surface area contributed by atoms with Crippen LogP contribution in [0.1, 0.15) is 31.8 Å². The molecule has 1 heterocycles. The van der Waals surface area contributed by atoms with E-state index < -0.39 is 0 Å². The normalized spacial score (nSPS) is 12.1. The second kappa shape index (κ2) is 6.61. The summed E-state index contributed by atoms with van der Waals surface area (Å²) < 4.78 is 5.85. The van der Waals surface area contributed by atoms with Crippen LogP contribution >= 0.6 is 0 Å². The van der Waals surface area contributed by atoms with Crippen molar-refractivity contribution in [3.63, 3.8) is 0 Å². The Bertz CT molecular complexity index is 1070. The van der Waals surface area contributed by atoms with Gasteiger partial charge in [0.25, 0.3) is 11.8 Å². The lowest BCUT2D eigenvalue weighted by Gasteiger charge is -2.11. The zero-order valence-electron chi connectivity index (χ0n) is 15.0. The highest BCUT2D eigenvalue weighted by Gasteiger charge is 2.21. The van der Waals surface area contributed by atoms with E-state index in [1.165, 1.54) is 0 Å². The molecule has 2 amide bonds. The zero-order valence-corrected chi connectivity index (χ0v) is 15.0. The van der Waals surface area contributed by atoms with Gasteiger partial charge in [-0.05, 0) is 55.8 Å². The Labute approximate surface area is 157 Å². The molecule has 134 valence electrons. The van der Waals surface area contributed by atoms with Crippen molar-refractivity contribution in [2.75, 3.05) is 10.6 Å². The van der Waals surface area contributed by atoms with Crippen LogP contribution in [0.15, 0.2) is 60.7 Å². The predicted octanol–water partition coefficient (Wildman–Crippen LogP) is 4.91. The van der Waals surface area contributed by atoms with Gasteiger partial charge in [-0.2, -0.15) is 0 Å². The molecule has 0 saturated carbocycles. The van der Waals surface area contributed by atoms with E-state index in [0.29, 0.717) is 34.0 Å². The van der Waals surface area contributed by atoms with Crippen molar-refractivity contribution in [2.45, 2.75) is 13.8 Å². The summed E-state index contributed by atoms with van der Waals surface area (Å²) in [7, 11) is 0. The SMILES string of the molecule is Cc1ccc(C(=O)Nc2ccc3c(c2)C(=O)Nc2ccccc2O3)c(C)c1. The summed E-state index contributed by atoms with van der Waals surface area (Å²) in [6, 6.07) is 17.9. The molecule has 0 unspecified atom stereocenters. The molecule has 5 heteroatoms. The number of nitrogens with one attached hydrogen (secondary N) is 2. The minimum Gasteiger partial charge on any atom is -0.454 e. The summed E-state index contributed by atoms with van der Waals surface area (Å²) >= 11 is 0. The van der Waals surface area contributed by atoms with Crippen LogP contribution in [-0.4, -0.2) is 11.8 Å². The summed E-state index contributed by atoms with van der Waals surface area (Å²) in [5.41, 5.74) is 4.11. The van der Waals surface area contributed by atoms with Gasteiger partial charge in [-0.15, -0.1) is 0 Å². The van der Waals surface area contributed by atoms with E-state index in [2.05, 4.69) is 10.6 Å². The fourth-order valence-electron chi connectivity index (χ4n) is 3.11. The molecule has 0 saturated heterocycles. The monoisotopic (exact) mass is 358 g/mol. The number of ether oxygens (including phenoxy) is 1. The summed E-state index contributed by atoms with van der Waals surface area (Å²) in [6.45, 7) is 3.88. The molecular weight excluding hydrogens is 340 g/mol. The Hall–Kier alpha value is -3.60. The van der Waals surface area contributed by atoms with E-state index in [-0.39, 0.29) is 11.8 Å². The summed E-state index contributed by atoms with van der Waals surface area (Å²) in [6.07, 6.45) is 0. The summed E-state index contributed by atoms with van der Waals surface area (Å²) in [4.78, 5) is 25.2. The van der Waals surface area contributed by atoms with Crippen molar-refractivity contribution in [1.82, 2.24) is 0 Å². The first-order chi connectivity index (χ1) is 13.0. The van der Waals surface area contributed by atoms with Crippen molar-refractivity contribution < 1.29 is 14.3 Å². The van der Waals surface area contributed by atoms with E-state index in [0.717, 1.165) is 11.1 Å². The molecule has 0 radical (unpaired) electrons. The van der Waals surface area contributed by atoms with Crippen molar-refractivity contribution in [3.05, 3.63) is 82.9 Å². The highest BCUT2D eigenvalue weighted by Crippen LogP contribution is 2.36. The highest BCUT2D eigenvalue weighted by atomic mass is 16.5. The van der Waals surface area contributed by atoms with Gasteiger partial charge >= 0.3 is 0 Å². The van der Waals surface area contributed by atoms with Crippen LogP contribution in [0.5, 0.6) is 11.5 Å². The van der Waals surface area contributed by atoms with Crippen LogP contribution in [0.4, 0.5) is 11.4 Å². The fraction of sp³-hybridized carbons (Fsp3) is 0.0909. The first-order valence-electron chi connectivity index (χ1n) is 8.62. The summed E-state index contributed by atoms with van der Waals surface area (Å²) in [5.74, 6) is 0.530. The van der Waals surface area contributed by atoms with Crippen LogP contribution in [0.25, 0.3) is 0 Å². The van der Waals surface area contributed by atoms with Gasteiger partial charge in [0.2, 0.25) is 0 Å². The number of anilines is 2. The molecule has 0 atom stereocenters. The number of rotatable bonds is 2. The molecule has 0 spiro atoms. The molecule has 5 nitrogen and oxygen atoms in total. The molecule has 27 heavy (non-hydrogen) atoms. The maximum atomic E-state index is 12.6. The van der Waals surface area contributed by atoms with Gasteiger partial charge in [-0.1, -0.05) is 29.8 Å². The molecule has 1 aliphatic heterocycles. The Kier molecular flexibility index (Phi) is 4.12. The number of fused-ring (bicyclic) bond motifs is 2. The maximum Gasteiger partial charge on any atom is 0.259 e. The quantitative estimate of drug-likeness (QED) is 0.684. The average Bonchev–Trinajstić information content (AvgIpc) is 2.77. The smallest absolute Gasteiger partial charge is 0.259 e. The lowest BCUT2D eigenvalue weighted by Crippen LogP contribution is -2.15. The van der Waals surface area contributed by atoms with Gasteiger partial charge in [0.15, 0.2) is 5.75 Å². The second-order valence-electron chi connectivity index (χ2n) is 6.54. The van der Waals surface area contributed by atoms with Crippen LogP contribution < -0.4 is 15.4 Å². The number of carbonyl (C=O) groups excluding carboxylic acids is 2. The van der Waals surface area contributed by atoms with Crippen molar-refractivity contribution >= 4 is 23.2 Å². The van der Waals surface area contributed by atoms with Gasteiger partial charge in [0.05, 0.1) is 11.3 Å². The Morgan fingerprint density at radius 2 is 1.78 bits per heavy atom. The maximum absolute atomic E-state index is 12.6. The van der Waals surface area contributed by atoms with Crippen molar-refractivity contribution in [1.29, 1.82) is 0 Å². The molecule has 1 aliphatic rings.